The van der Waals surface area contributed by atoms with Crippen molar-refractivity contribution >= 4 is 23.5 Å². The van der Waals surface area contributed by atoms with Crippen molar-refractivity contribution in [2.24, 2.45) is 0 Å². The zero-order valence-corrected chi connectivity index (χ0v) is 17.5. The first-order chi connectivity index (χ1) is 13.9. The highest BCUT2D eigenvalue weighted by Gasteiger charge is 2.62. The van der Waals surface area contributed by atoms with Crippen LogP contribution in [0.1, 0.15) is 12.6 Å². The summed E-state index contributed by atoms with van der Waals surface area (Å²) in [5.41, 5.74) is -5.03. The molecule has 1 fully saturated rings. The molecule has 21 heteroatoms. The Morgan fingerprint density at radius 3 is 2.32 bits per heavy atom. The zero-order chi connectivity index (χ0) is 23.9. The van der Waals surface area contributed by atoms with Gasteiger partial charge in [0.25, 0.3) is 5.56 Å². The van der Waals surface area contributed by atoms with Crippen molar-refractivity contribution in [1.82, 2.24) is 9.55 Å². The molecule has 0 amide bonds. The summed E-state index contributed by atoms with van der Waals surface area (Å²) in [6, 6.07) is 0.823. The molecule has 2 heterocycles. The van der Waals surface area contributed by atoms with Crippen LogP contribution in [0.15, 0.2) is 21.9 Å². The second-order valence-corrected chi connectivity index (χ2v) is 10.5. The molecule has 0 radical (unpaired) electrons. The number of aromatic nitrogens is 2. The van der Waals surface area contributed by atoms with Crippen LogP contribution in [-0.4, -0.2) is 59.0 Å². The summed E-state index contributed by atoms with van der Waals surface area (Å²) >= 11 is 0. The van der Waals surface area contributed by atoms with Gasteiger partial charge in [0, 0.05) is 12.3 Å². The van der Waals surface area contributed by atoms with Gasteiger partial charge in [-0.05, 0) is 0 Å². The first-order valence-corrected chi connectivity index (χ1v) is 12.2. The zero-order valence-electron chi connectivity index (χ0n) is 14.8. The van der Waals surface area contributed by atoms with Crippen LogP contribution < -0.4 is 11.2 Å². The molecule has 1 aliphatic heterocycles. The Hall–Kier alpha value is -1.13. The van der Waals surface area contributed by atoms with Crippen molar-refractivity contribution in [3.63, 3.8) is 0 Å². The normalized spacial score (nSPS) is 30.6. The Balaban J connectivity index is 2.22. The van der Waals surface area contributed by atoms with Crippen LogP contribution in [0.4, 0.5) is 8.78 Å². The molecule has 1 aromatic heterocycles. The lowest BCUT2D eigenvalue weighted by Crippen LogP contribution is -2.53. The molecule has 2 unspecified atom stereocenters. The van der Waals surface area contributed by atoms with Crippen molar-refractivity contribution < 1.29 is 65.0 Å². The Bertz CT molecular complexity index is 1080. The molecule has 1 saturated heterocycles. The molecule has 0 aliphatic carbocycles. The highest BCUT2D eigenvalue weighted by atomic mass is 31.3. The number of ether oxygens (including phenoxy) is 1. The number of alkyl halides is 2. The third kappa shape index (κ3) is 6.44. The van der Waals surface area contributed by atoms with Crippen molar-refractivity contribution in [3.05, 3.63) is 33.1 Å². The van der Waals surface area contributed by atoms with Gasteiger partial charge in [-0.2, -0.15) is 8.62 Å². The van der Waals surface area contributed by atoms with Gasteiger partial charge in [-0.3, -0.25) is 18.9 Å². The molecule has 16 nitrogen and oxygen atoms in total. The van der Waals surface area contributed by atoms with Crippen molar-refractivity contribution in [2.45, 2.75) is 24.1 Å². The molecule has 2 rings (SSSR count). The standard InChI is InChI=1S/C10H15F2N2O14P3/c11-4-9(5-25-30(21,22)28-31(23,24)27-29(18,19)20)10(12,17)3-7(26-9)14-2-1-6(15)13-8(14)16/h1-2,7,17H,3-5H2,(H,21,22)(H,23,24)(H,13,15,16)(H2,18,19,20)/t7-,9-,10+/m1/s1. The lowest BCUT2D eigenvalue weighted by molar-refractivity contribution is -0.221. The number of aromatic amines is 1. The second-order valence-electron chi connectivity index (χ2n) is 6.05. The molecule has 6 N–H and O–H groups in total. The average Bonchev–Trinajstić information content (AvgIpc) is 2.80. The van der Waals surface area contributed by atoms with Gasteiger partial charge in [-0.15, -0.1) is 0 Å². The van der Waals surface area contributed by atoms with Crippen molar-refractivity contribution in [1.29, 1.82) is 0 Å². The number of nitrogens with zero attached hydrogens (tertiary/aromatic N) is 1. The van der Waals surface area contributed by atoms with E-state index in [2.05, 4.69) is 13.1 Å². The largest absolute Gasteiger partial charge is 0.490 e. The molecule has 0 spiro atoms. The quantitative estimate of drug-likeness (QED) is 0.219. The Kier molecular flexibility index (Phi) is 7.30. The van der Waals surface area contributed by atoms with Crippen LogP contribution in [0, 0.1) is 0 Å². The van der Waals surface area contributed by atoms with Gasteiger partial charge in [0.05, 0.1) is 13.0 Å². The maximum absolute atomic E-state index is 14.7. The summed E-state index contributed by atoms with van der Waals surface area (Å²) in [7, 11) is -17.4. The van der Waals surface area contributed by atoms with Gasteiger partial charge in [-0.1, -0.05) is 0 Å². The van der Waals surface area contributed by atoms with E-state index in [0.29, 0.717) is 4.57 Å². The van der Waals surface area contributed by atoms with E-state index >= 15 is 0 Å². The van der Waals surface area contributed by atoms with Gasteiger partial charge in [0.2, 0.25) is 5.85 Å². The van der Waals surface area contributed by atoms with Gasteiger partial charge in [-0.25, -0.2) is 27.3 Å². The van der Waals surface area contributed by atoms with Gasteiger partial charge >= 0.3 is 29.2 Å². The number of hydrogen-bond acceptors (Lipinski definition) is 10. The Morgan fingerprint density at radius 1 is 1.19 bits per heavy atom. The topological polar surface area (TPSA) is 244 Å². The van der Waals surface area contributed by atoms with Crippen LogP contribution in [0.3, 0.4) is 0 Å². The Labute approximate surface area is 169 Å². The monoisotopic (exact) mass is 518 g/mol. The number of halogens is 2. The minimum Gasteiger partial charge on any atom is -0.359 e. The number of phosphoric ester groups is 1. The molecular weight excluding hydrogens is 503 g/mol. The fraction of sp³-hybridized carbons (Fsp3) is 0.600. The average molecular weight is 518 g/mol. The van der Waals surface area contributed by atoms with E-state index in [1.54, 1.807) is 4.98 Å². The summed E-state index contributed by atoms with van der Waals surface area (Å²) < 4.78 is 78.5. The van der Waals surface area contributed by atoms with Gasteiger partial charge in [0.1, 0.15) is 12.9 Å². The minimum atomic E-state index is -5.90. The maximum atomic E-state index is 14.7. The lowest BCUT2D eigenvalue weighted by Gasteiger charge is -2.32. The summed E-state index contributed by atoms with van der Waals surface area (Å²) in [5, 5.41) is 9.92. The van der Waals surface area contributed by atoms with E-state index in [4.69, 9.17) is 19.4 Å². The predicted octanol–water partition coefficient (Wildman–Crippen LogP) is -0.835. The molecule has 0 aromatic carbocycles. The number of aliphatic hydroxyl groups is 1. The number of nitrogens with one attached hydrogen (secondary N) is 1. The van der Waals surface area contributed by atoms with E-state index in [-0.39, 0.29) is 0 Å². The summed E-state index contributed by atoms with van der Waals surface area (Å²) in [4.78, 5) is 60.0. The highest BCUT2D eigenvalue weighted by Crippen LogP contribution is 2.66. The van der Waals surface area contributed by atoms with Crippen LogP contribution >= 0.6 is 23.5 Å². The van der Waals surface area contributed by atoms with E-state index < -0.39 is 72.1 Å². The highest BCUT2D eigenvalue weighted by molar-refractivity contribution is 7.66. The van der Waals surface area contributed by atoms with E-state index in [9.17, 15) is 42.1 Å². The fourth-order valence-electron chi connectivity index (χ4n) is 2.43. The second kappa shape index (κ2) is 8.67. The van der Waals surface area contributed by atoms with Crippen LogP contribution in [-0.2, 0) is 31.6 Å². The molecule has 1 aliphatic rings. The number of phosphoric acid groups is 3. The van der Waals surface area contributed by atoms with Gasteiger partial charge in [0.15, 0.2) is 5.60 Å². The minimum absolute atomic E-state index is 0.564. The Morgan fingerprint density at radius 2 is 1.81 bits per heavy atom. The fourth-order valence-corrected chi connectivity index (χ4v) is 5.49. The summed E-state index contributed by atoms with van der Waals surface area (Å²) in [6.07, 6.45) is -2.03. The third-order valence-electron chi connectivity index (χ3n) is 3.76. The van der Waals surface area contributed by atoms with E-state index in [0.717, 1.165) is 12.3 Å². The van der Waals surface area contributed by atoms with Crippen LogP contribution in [0.2, 0.25) is 0 Å². The van der Waals surface area contributed by atoms with E-state index in [1.165, 1.54) is 0 Å². The predicted molar refractivity (Wildman–Crippen MR) is 90.6 cm³/mol. The first kappa shape index (κ1) is 26.1. The number of H-pyrrole nitrogens is 1. The van der Waals surface area contributed by atoms with Crippen LogP contribution in [0.25, 0.3) is 0 Å². The van der Waals surface area contributed by atoms with Gasteiger partial charge < -0.3 is 29.4 Å². The summed E-state index contributed by atoms with van der Waals surface area (Å²) in [6.45, 7) is -3.58. The number of hydrogen-bond donors (Lipinski definition) is 6. The van der Waals surface area contributed by atoms with Crippen molar-refractivity contribution in [2.75, 3.05) is 13.3 Å². The molecule has 5 atom stereocenters. The van der Waals surface area contributed by atoms with Crippen LogP contribution in [0.5, 0.6) is 0 Å². The lowest BCUT2D eigenvalue weighted by atomic mass is 9.97. The summed E-state index contributed by atoms with van der Waals surface area (Å²) in [5.74, 6) is -3.65. The molecular formula is C10H15F2N2O14P3. The van der Waals surface area contributed by atoms with E-state index in [1.807, 2.05) is 0 Å². The van der Waals surface area contributed by atoms with Crippen molar-refractivity contribution in [3.8, 4) is 0 Å². The smallest absolute Gasteiger partial charge is 0.359 e. The number of rotatable bonds is 9. The third-order valence-corrected chi connectivity index (χ3v) is 7.54. The molecule has 0 bridgehead atoms. The molecule has 0 saturated carbocycles. The maximum Gasteiger partial charge on any atom is 0.490 e. The molecule has 31 heavy (non-hydrogen) atoms. The SMILES string of the molecule is O=c1ccn([C@H]2C[C@@](O)(F)[C@@](CF)(COP(=O)(O)OP(=O)(O)OP(=O)(O)O)O2)c(=O)[nH]1. The first-order valence-electron chi connectivity index (χ1n) is 7.66. The molecule has 1 aromatic rings. The molecule has 178 valence electrons.